The monoisotopic (exact) mass is 569 g/mol. The van der Waals surface area contributed by atoms with Gasteiger partial charge in [0, 0.05) is 6.07 Å². The molecule has 0 aromatic heterocycles. The minimum atomic E-state index is -0.795. The number of ether oxygens (including phenoxy) is 6. The zero-order valence-electron chi connectivity index (χ0n) is 23.0. The molecule has 216 valence electrons. The topological polar surface area (TPSA) is 174 Å². The Hall–Kier alpha value is -5.53. The third-order valence-electron chi connectivity index (χ3n) is 5.79. The lowest BCUT2D eigenvalue weighted by molar-refractivity contribution is -0.385. The minimum absolute atomic E-state index is 0.00150. The number of benzene rings is 3. The van der Waals surface area contributed by atoms with Crippen LogP contribution < -0.4 is 34.3 Å². The molecular weight excluding hydrogens is 542 g/mol. The first-order valence-corrected chi connectivity index (χ1v) is 11.7. The number of carbonyl (C=O) groups excluding carboxylic acids is 3. The first kappa shape index (κ1) is 30.0. The largest absolute Gasteiger partial charge is 0.497 e. The van der Waals surface area contributed by atoms with Crippen LogP contribution in [0.3, 0.4) is 0 Å². The molecule has 0 atom stereocenters. The zero-order valence-corrected chi connectivity index (χ0v) is 23.0. The number of anilines is 2. The van der Waals surface area contributed by atoms with Crippen molar-refractivity contribution in [2.45, 2.75) is 0 Å². The minimum Gasteiger partial charge on any atom is -0.497 e. The van der Waals surface area contributed by atoms with Crippen molar-refractivity contribution in [3.63, 3.8) is 0 Å². The van der Waals surface area contributed by atoms with Crippen LogP contribution >= 0.6 is 0 Å². The van der Waals surface area contributed by atoms with Gasteiger partial charge in [0.2, 0.25) is 5.75 Å². The van der Waals surface area contributed by atoms with Crippen LogP contribution in [0.1, 0.15) is 31.1 Å². The second kappa shape index (κ2) is 13.0. The van der Waals surface area contributed by atoms with Crippen LogP contribution in [-0.2, 0) is 4.74 Å². The summed E-state index contributed by atoms with van der Waals surface area (Å²) in [5.74, 6) is -2.17. The lowest BCUT2D eigenvalue weighted by Gasteiger charge is -2.17. The van der Waals surface area contributed by atoms with Crippen LogP contribution in [0.4, 0.5) is 17.1 Å². The molecule has 0 aliphatic heterocycles. The van der Waals surface area contributed by atoms with Crippen LogP contribution in [-0.4, -0.2) is 65.4 Å². The molecule has 0 spiro atoms. The molecule has 0 heterocycles. The average molecular weight is 570 g/mol. The summed E-state index contributed by atoms with van der Waals surface area (Å²) in [5.41, 5.74) is -0.479. The van der Waals surface area contributed by atoms with Crippen LogP contribution in [0.25, 0.3) is 0 Å². The van der Waals surface area contributed by atoms with Crippen LogP contribution in [0.2, 0.25) is 0 Å². The predicted octanol–water partition coefficient (Wildman–Crippen LogP) is 3.93. The van der Waals surface area contributed by atoms with E-state index in [1.54, 1.807) is 0 Å². The summed E-state index contributed by atoms with van der Waals surface area (Å²) >= 11 is 0. The van der Waals surface area contributed by atoms with Crippen molar-refractivity contribution in [2.24, 2.45) is 0 Å². The maximum Gasteiger partial charge on any atom is 0.341 e. The van der Waals surface area contributed by atoms with Crippen molar-refractivity contribution >= 4 is 34.8 Å². The fraction of sp³-hybridized carbons (Fsp3) is 0.222. The smallest absolute Gasteiger partial charge is 0.341 e. The second-order valence-corrected chi connectivity index (χ2v) is 8.03. The highest BCUT2D eigenvalue weighted by Crippen LogP contribution is 2.38. The van der Waals surface area contributed by atoms with Gasteiger partial charge in [-0.05, 0) is 24.3 Å². The molecular formula is C27H27N3O11. The Morgan fingerprint density at radius 2 is 1.20 bits per heavy atom. The number of nitrogens with one attached hydrogen (secondary N) is 2. The molecule has 14 heteroatoms. The number of hydrogen-bond acceptors (Lipinski definition) is 11. The van der Waals surface area contributed by atoms with E-state index in [1.807, 2.05) is 0 Å². The second-order valence-electron chi connectivity index (χ2n) is 8.03. The third kappa shape index (κ3) is 6.21. The molecule has 2 N–H and O–H groups in total. The predicted molar refractivity (Wildman–Crippen MR) is 146 cm³/mol. The Labute approximate surface area is 234 Å². The van der Waals surface area contributed by atoms with Gasteiger partial charge in [0.25, 0.3) is 11.8 Å². The van der Waals surface area contributed by atoms with E-state index in [9.17, 15) is 24.5 Å². The van der Waals surface area contributed by atoms with Crippen LogP contribution in [0, 0.1) is 10.1 Å². The molecule has 3 aromatic carbocycles. The molecule has 3 aromatic rings. The summed E-state index contributed by atoms with van der Waals surface area (Å²) in [6.45, 7) is 0. The molecule has 2 amide bonds. The van der Waals surface area contributed by atoms with Gasteiger partial charge in [-0.3, -0.25) is 19.7 Å². The van der Waals surface area contributed by atoms with Crippen molar-refractivity contribution in [2.75, 3.05) is 53.3 Å². The van der Waals surface area contributed by atoms with E-state index < -0.39 is 28.4 Å². The fourth-order valence-electron chi connectivity index (χ4n) is 3.93. The zero-order chi connectivity index (χ0) is 30.3. The molecule has 0 fully saturated rings. The Kier molecular flexibility index (Phi) is 9.53. The molecule has 0 aliphatic carbocycles. The summed E-state index contributed by atoms with van der Waals surface area (Å²) in [4.78, 5) is 49.8. The standard InChI is InChI=1S/C27H27N3O11/c1-36-14-11-18(27(33)41-6)23(39-4)20(12-14)29-25(31)16-8-7-9-19(22(16)38-3)28-26(32)17-10-15(37-2)13-21(30(34)35)24(17)40-5/h7-13H,1-6H3,(H,28,32)(H,29,31). The van der Waals surface area contributed by atoms with E-state index in [0.29, 0.717) is 0 Å². The van der Waals surface area contributed by atoms with E-state index in [1.165, 1.54) is 79.1 Å². The van der Waals surface area contributed by atoms with Gasteiger partial charge in [-0.1, -0.05) is 6.07 Å². The van der Waals surface area contributed by atoms with Gasteiger partial charge in [-0.25, -0.2) is 4.79 Å². The molecule has 3 rings (SSSR count). The number of amides is 2. The number of methoxy groups -OCH3 is 6. The number of hydrogen-bond donors (Lipinski definition) is 2. The number of nitrogens with zero attached hydrogens (tertiary/aromatic N) is 1. The maximum absolute atomic E-state index is 13.4. The molecule has 0 aliphatic rings. The van der Waals surface area contributed by atoms with Crippen molar-refractivity contribution in [1.82, 2.24) is 0 Å². The Bertz CT molecular complexity index is 1500. The van der Waals surface area contributed by atoms with Gasteiger partial charge in [-0.2, -0.15) is 0 Å². The number of carbonyl (C=O) groups is 3. The fourth-order valence-corrected chi connectivity index (χ4v) is 3.93. The Balaban J connectivity index is 2.02. The summed E-state index contributed by atoms with van der Waals surface area (Å²) in [6.07, 6.45) is 0. The lowest BCUT2D eigenvalue weighted by atomic mass is 10.1. The third-order valence-corrected chi connectivity index (χ3v) is 5.79. The molecule has 0 bridgehead atoms. The number of rotatable bonds is 11. The number of nitro benzene ring substituents is 1. The SMILES string of the molecule is COC(=O)c1cc(OC)cc(NC(=O)c2cccc(NC(=O)c3cc(OC)cc([N+](=O)[O-])c3OC)c2OC)c1OC. The number of esters is 1. The quantitative estimate of drug-likeness (QED) is 0.194. The van der Waals surface area contributed by atoms with E-state index >= 15 is 0 Å². The molecule has 41 heavy (non-hydrogen) atoms. The van der Waals surface area contributed by atoms with E-state index in [4.69, 9.17) is 28.4 Å². The van der Waals surface area contributed by atoms with Gasteiger partial charge < -0.3 is 39.1 Å². The molecule has 0 radical (unpaired) electrons. The van der Waals surface area contributed by atoms with E-state index in [0.717, 1.165) is 6.07 Å². The highest BCUT2D eigenvalue weighted by atomic mass is 16.6. The molecule has 0 unspecified atom stereocenters. The summed E-state index contributed by atoms with van der Waals surface area (Å²) in [7, 11) is 7.68. The summed E-state index contributed by atoms with van der Waals surface area (Å²) in [6, 6.07) is 9.64. The summed E-state index contributed by atoms with van der Waals surface area (Å²) < 4.78 is 31.1. The first-order valence-electron chi connectivity index (χ1n) is 11.7. The normalized spacial score (nSPS) is 10.2. The van der Waals surface area contributed by atoms with Gasteiger partial charge >= 0.3 is 11.7 Å². The van der Waals surface area contributed by atoms with Gasteiger partial charge in [0.05, 0.1) is 76.2 Å². The summed E-state index contributed by atoms with van der Waals surface area (Å²) in [5, 5.41) is 16.8. The van der Waals surface area contributed by atoms with Crippen molar-refractivity contribution in [1.29, 1.82) is 0 Å². The molecule has 0 saturated carbocycles. The highest BCUT2D eigenvalue weighted by Gasteiger charge is 2.27. The molecule has 14 nitrogen and oxygen atoms in total. The van der Waals surface area contributed by atoms with Gasteiger partial charge in [-0.15, -0.1) is 0 Å². The average Bonchev–Trinajstić information content (AvgIpc) is 2.98. The van der Waals surface area contributed by atoms with Crippen LogP contribution in [0.15, 0.2) is 42.5 Å². The van der Waals surface area contributed by atoms with Gasteiger partial charge in [0.15, 0.2) is 11.5 Å². The van der Waals surface area contributed by atoms with Gasteiger partial charge in [0.1, 0.15) is 17.1 Å². The number of para-hydroxylation sites is 1. The lowest BCUT2D eigenvalue weighted by Crippen LogP contribution is -2.18. The maximum atomic E-state index is 13.4. The number of nitro groups is 1. The van der Waals surface area contributed by atoms with E-state index in [2.05, 4.69) is 10.6 Å². The Morgan fingerprint density at radius 3 is 1.76 bits per heavy atom. The van der Waals surface area contributed by atoms with Crippen LogP contribution in [0.5, 0.6) is 28.7 Å². The van der Waals surface area contributed by atoms with Crippen molar-refractivity contribution < 1.29 is 47.7 Å². The highest BCUT2D eigenvalue weighted by molar-refractivity contribution is 6.12. The van der Waals surface area contributed by atoms with Crippen molar-refractivity contribution in [3.8, 4) is 28.7 Å². The molecule has 0 saturated heterocycles. The van der Waals surface area contributed by atoms with E-state index in [-0.39, 0.29) is 56.8 Å². The van der Waals surface area contributed by atoms with Crippen molar-refractivity contribution in [3.05, 3.63) is 69.3 Å². The Morgan fingerprint density at radius 1 is 0.659 bits per heavy atom. The first-order chi connectivity index (χ1) is 19.6.